The molecular formula is C19H28N2O5. The third kappa shape index (κ3) is 6.55. The molecule has 2 amide bonds. The fraction of sp³-hybridized carbons (Fsp3) is 0.579. The normalized spacial score (nSPS) is 23.0. The number of hydrogen-bond acceptors (Lipinski definition) is 5. The predicted molar refractivity (Wildman–Crippen MR) is 96.6 cm³/mol. The highest BCUT2D eigenvalue weighted by Gasteiger charge is 2.34. The van der Waals surface area contributed by atoms with Crippen LogP contribution in [0.3, 0.4) is 0 Å². The summed E-state index contributed by atoms with van der Waals surface area (Å²) >= 11 is 0. The lowest BCUT2D eigenvalue weighted by molar-refractivity contribution is 0.0264. The molecule has 3 N–H and O–H groups in total. The first-order valence-corrected chi connectivity index (χ1v) is 8.89. The van der Waals surface area contributed by atoms with E-state index in [1.165, 1.54) is 0 Å². The predicted octanol–water partition coefficient (Wildman–Crippen LogP) is 2.72. The quantitative estimate of drug-likeness (QED) is 0.763. The molecule has 1 aromatic carbocycles. The Hall–Kier alpha value is -2.28. The van der Waals surface area contributed by atoms with E-state index in [2.05, 4.69) is 10.6 Å². The molecule has 0 aliphatic heterocycles. The molecule has 1 aliphatic rings. The average molecular weight is 364 g/mol. The van der Waals surface area contributed by atoms with Gasteiger partial charge in [-0.3, -0.25) is 0 Å². The minimum atomic E-state index is -0.902. The lowest BCUT2D eigenvalue weighted by Gasteiger charge is -2.35. The number of carbonyl (C=O) groups excluding carboxylic acids is 2. The molecule has 0 spiro atoms. The van der Waals surface area contributed by atoms with E-state index in [0.717, 1.165) is 12.0 Å². The molecule has 0 heterocycles. The van der Waals surface area contributed by atoms with Gasteiger partial charge < -0.3 is 25.2 Å². The van der Waals surface area contributed by atoms with Crippen LogP contribution in [0.2, 0.25) is 0 Å². The lowest BCUT2D eigenvalue weighted by Crippen LogP contribution is -2.57. The highest BCUT2D eigenvalue weighted by molar-refractivity contribution is 5.69. The van der Waals surface area contributed by atoms with Crippen LogP contribution in [0.1, 0.15) is 45.6 Å². The minimum Gasteiger partial charge on any atom is -0.445 e. The number of amides is 2. The number of hydrogen-bond donors (Lipinski definition) is 3. The molecule has 0 bridgehead atoms. The van der Waals surface area contributed by atoms with Gasteiger partial charge in [0.1, 0.15) is 12.2 Å². The first-order chi connectivity index (χ1) is 12.2. The lowest BCUT2D eigenvalue weighted by atomic mass is 9.88. The van der Waals surface area contributed by atoms with Gasteiger partial charge in [0.05, 0.1) is 18.2 Å². The van der Waals surface area contributed by atoms with E-state index < -0.39 is 36.0 Å². The zero-order chi connectivity index (χ0) is 19.2. The van der Waals surface area contributed by atoms with Crippen molar-refractivity contribution < 1.29 is 24.2 Å². The molecule has 3 unspecified atom stereocenters. The van der Waals surface area contributed by atoms with Gasteiger partial charge in [-0.2, -0.15) is 0 Å². The standard InChI is InChI=1S/C19H28N2O5/c1-19(2,3)26-18(24)21-15-11-7-10-14(16(15)22)20-17(23)25-12-13-8-5-4-6-9-13/h4-6,8-9,14-16,22H,7,10-12H2,1-3H3,(H,20,23)(H,21,24). The summed E-state index contributed by atoms with van der Waals surface area (Å²) in [5.41, 5.74) is 0.277. The summed E-state index contributed by atoms with van der Waals surface area (Å²) in [7, 11) is 0. The van der Waals surface area contributed by atoms with Crippen molar-refractivity contribution in [3.63, 3.8) is 0 Å². The van der Waals surface area contributed by atoms with Crippen LogP contribution in [-0.2, 0) is 16.1 Å². The molecule has 0 saturated heterocycles. The van der Waals surface area contributed by atoms with Crippen LogP contribution >= 0.6 is 0 Å². The van der Waals surface area contributed by atoms with Crippen molar-refractivity contribution in [3.05, 3.63) is 35.9 Å². The Kier molecular flexibility index (Phi) is 6.85. The Labute approximate surface area is 154 Å². The summed E-state index contributed by atoms with van der Waals surface area (Å²) in [6.07, 6.45) is -0.0578. The zero-order valence-corrected chi connectivity index (χ0v) is 15.5. The van der Waals surface area contributed by atoms with Gasteiger partial charge in [0.2, 0.25) is 0 Å². The van der Waals surface area contributed by atoms with E-state index in [1.54, 1.807) is 20.8 Å². The molecule has 3 atom stereocenters. The number of ether oxygens (including phenoxy) is 2. The van der Waals surface area contributed by atoms with E-state index >= 15 is 0 Å². The molecule has 7 heteroatoms. The molecule has 26 heavy (non-hydrogen) atoms. The SMILES string of the molecule is CC(C)(C)OC(=O)NC1CCCC(NC(=O)OCc2ccccc2)C1O. The molecule has 7 nitrogen and oxygen atoms in total. The zero-order valence-electron chi connectivity index (χ0n) is 15.5. The Morgan fingerprint density at radius 1 is 1.08 bits per heavy atom. The first-order valence-electron chi connectivity index (χ1n) is 8.89. The third-order valence-electron chi connectivity index (χ3n) is 4.07. The van der Waals surface area contributed by atoms with Gasteiger partial charge in [0, 0.05) is 0 Å². The molecule has 0 aromatic heterocycles. The number of alkyl carbamates (subject to hydrolysis) is 2. The van der Waals surface area contributed by atoms with Gasteiger partial charge in [-0.15, -0.1) is 0 Å². The van der Waals surface area contributed by atoms with Crippen LogP contribution in [-0.4, -0.2) is 41.1 Å². The van der Waals surface area contributed by atoms with Gasteiger partial charge in [0.15, 0.2) is 0 Å². The summed E-state index contributed by atoms with van der Waals surface area (Å²) in [4.78, 5) is 23.9. The van der Waals surface area contributed by atoms with E-state index in [0.29, 0.717) is 12.8 Å². The fourth-order valence-corrected chi connectivity index (χ4v) is 2.87. The molecule has 1 aliphatic carbocycles. The summed E-state index contributed by atoms with van der Waals surface area (Å²) in [5.74, 6) is 0. The monoisotopic (exact) mass is 364 g/mol. The van der Waals surface area contributed by atoms with Crippen LogP contribution in [0.5, 0.6) is 0 Å². The number of nitrogens with one attached hydrogen (secondary N) is 2. The third-order valence-corrected chi connectivity index (χ3v) is 4.07. The highest BCUT2D eigenvalue weighted by Crippen LogP contribution is 2.20. The summed E-state index contributed by atoms with van der Waals surface area (Å²) in [6.45, 7) is 5.49. The molecule has 1 fully saturated rings. The Bertz CT molecular complexity index is 600. The largest absolute Gasteiger partial charge is 0.445 e. The van der Waals surface area contributed by atoms with E-state index in [-0.39, 0.29) is 6.61 Å². The maximum Gasteiger partial charge on any atom is 0.407 e. The second-order valence-electron chi connectivity index (χ2n) is 7.49. The summed E-state index contributed by atoms with van der Waals surface area (Å²) < 4.78 is 10.4. The molecule has 144 valence electrons. The molecule has 0 radical (unpaired) electrons. The van der Waals surface area contributed by atoms with Crippen LogP contribution in [0.25, 0.3) is 0 Å². The Morgan fingerprint density at radius 2 is 1.65 bits per heavy atom. The van der Waals surface area contributed by atoms with E-state index in [9.17, 15) is 14.7 Å². The fourth-order valence-electron chi connectivity index (χ4n) is 2.87. The van der Waals surface area contributed by atoms with Gasteiger partial charge in [-0.1, -0.05) is 30.3 Å². The average Bonchev–Trinajstić information content (AvgIpc) is 2.56. The van der Waals surface area contributed by atoms with Crippen molar-refractivity contribution in [1.29, 1.82) is 0 Å². The summed E-state index contributed by atoms with van der Waals surface area (Å²) in [6, 6.07) is 8.40. The maximum absolute atomic E-state index is 12.0. The van der Waals surface area contributed by atoms with Crippen LogP contribution in [0.4, 0.5) is 9.59 Å². The molecular weight excluding hydrogens is 336 g/mol. The van der Waals surface area contributed by atoms with Crippen molar-refractivity contribution in [2.75, 3.05) is 0 Å². The first kappa shape index (κ1) is 20.0. The number of aliphatic hydroxyl groups is 1. The smallest absolute Gasteiger partial charge is 0.407 e. The Balaban J connectivity index is 1.81. The second kappa shape index (κ2) is 8.89. The molecule has 1 aromatic rings. The van der Waals surface area contributed by atoms with Crippen LogP contribution < -0.4 is 10.6 Å². The maximum atomic E-state index is 12.0. The van der Waals surface area contributed by atoms with Crippen molar-refractivity contribution in [2.45, 2.75) is 70.4 Å². The number of benzene rings is 1. The van der Waals surface area contributed by atoms with Crippen molar-refractivity contribution in [3.8, 4) is 0 Å². The number of aliphatic hydroxyl groups excluding tert-OH is 1. The topological polar surface area (TPSA) is 96.9 Å². The second-order valence-corrected chi connectivity index (χ2v) is 7.49. The van der Waals surface area contributed by atoms with Gasteiger partial charge in [-0.25, -0.2) is 9.59 Å². The van der Waals surface area contributed by atoms with Crippen LogP contribution in [0.15, 0.2) is 30.3 Å². The van der Waals surface area contributed by atoms with Gasteiger partial charge in [0.25, 0.3) is 0 Å². The Morgan fingerprint density at radius 3 is 2.23 bits per heavy atom. The van der Waals surface area contributed by atoms with Gasteiger partial charge in [-0.05, 0) is 45.6 Å². The number of carbonyl (C=O) groups is 2. The van der Waals surface area contributed by atoms with Crippen LogP contribution in [0, 0.1) is 0 Å². The summed E-state index contributed by atoms with van der Waals surface area (Å²) in [5, 5.41) is 15.8. The van der Waals surface area contributed by atoms with E-state index in [1.807, 2.05) is 30.3 Å². The van der Waals surface area contributed by atoms with E-state index in [4.69, 9.17) is 9.47 Å². The van der Waals surface area contributed by atoms with Crippen molar-refractivity contribution in [1.82, 2.24) is 10.6 Å². The molecule has 1 saturated carbocycles. The minimum absolute atomic E-state index is 0.162. The van der Waals surface area contributed by atoms with Crippen molar-refractivity contribution >= 4 is 12.2 Å². The number of rotatable bonds is 4. The molecule has 2 rings (SSSR count). The van der Waals surface area contributed by atoms with Crippen molar-refractivity contribution in [2.24, 2.45) is 0 Å². The highest BCUT2D eigenvalue weighted by atomic mass is 16.6. The van der Waals surface area contributed by atoms with Gasteiger partial charge >= 0.3 is 12.2 Å².